The van der Waals surface area contributed by atoms with Crippen molar-refractivity contribution in [3.63, 3.8) is 0 Å². The Bertz CT molecular complexity index is 1370. The zero-order chi connectivity index (χ0) is 26.7. The van der Waals surface area contributed by atoms with Crippen LogP contribution in [0.1, 0.15) is 43.5 Å². The minimum absolute atomic E-state index is 0.0275. The number of hydrogen-bond donors (Lipinski definition) is 1. The van der Waals surface area contributed by atoms with Crippen molar-refractivity contribution >= 4 is 28.7 Å². The third kappa shape index (κ3) is 6.27. The predicted octanol–water partition coefficient (Wildman–Crippen LogP) is 5.17. The Morgan fingerprint density at radius 1 is 1.19 bits per heavy atom. The average Bonchev–Trinajstić information content (AvgIpc) is 2.83. The van der Waals surface area contributed by atoms with Crippen molar-refractivity contribution in [3.8, 4) is 5.75 Å². The van der Waals surface area contributed by atoms with Crippen LogP contribution in [0.25, 0.3) is 5.57 Å². The van der Waals surface area contributed by atoms with Gasteiger partial charge in [0, 0.05) is 29.7 Å². The molecule has 1 aromatic carbocycles. The molecule has 1 aliphatic heterocycles. The molecule has 11 heteroatoms. The highest BCUT2D eigenvalue weighted by Crippen LogP contribution is 2.34. The summed E-state index contributed by atoms with van der Waals surface area (Å²) in [6.07, 6.45) is 4.20. The Morgan fingerprint density at radius 2 is 1.97 bits per heavy atom. The molecule has 0 radical (unpaired) electrons. The molecule has 194 valence electrons. The van der Waals surface area contributed by atoms with Crippen LogP contribution in [-0.2, 0) is 16.9 Å². The van der Waals surface area contributed by atoms with E-state index >= 15 is 0 Å². The summed E-state index contributed by atoms with van der Waals surface area (Å²) in [5.74, 6) is -0.255. The highest BCUT2D eigenvalue weighted by atomic mass is 35.5. The van der Waals surface area contributed by atoms with Crippen molar-refractivity contribution in [2.75, 3.05) is 18.2 Å². The molecule has 0 saturated carbocycles. The van der Waals surface area contributed by atoms with Crippen LogP contribution in [0.3, 0.4) is 0 Å². The van der Waals surface area contributed by atoms with Crippen molar-refractivity contribution < 1.29 is 23.4 Å². The van der Waals surface area contributed by atoms with E-state index in [0.717, 1.165) is 29.1 Å². The summed E-state index contributed by atoms with van der Waals surface area (Å²) in [6, 6.07) is 5.94. The van der Waals surface area contributed by atoms with Crippen LogP contribution < -0.4 is 9.64 Å². The zero-order valence-electron chi connectivity index (χ0n) is 20.8. The van der Waals surface area contributed by atoms with Crippen LogP contribution in [0.15, 0.2) is 47.9 Å². The number of hydrogen-bond acceptors (Lipinski definition) is 8. The van der Waals surface area contributed by atoms with Crippen LogP contribution in [0.4, 0.5) is 14.5 Å². The van der Waals surface area contributed by atoms with Crippen LogP contribution in [-0.4, -0.2) is 39.2 Å². The fraction of sp³-hybridized carbons (Fsp3) is 0.308. The van der Waals surface area contributed by atoms with Gasteiger partial charge in [0.15, 0.2) is 11.6 Å². The minimum atomic E-state index is -1.18. The van der Waals surface area contributed by atoms with Gasteiger partial charge in [0.25, 0.3) is 0 Å². The van der Waals surface area contributed by atoms with Gasteiger partial charge in [0.1, 0.15) is 42.0 Å². The SMILES string of the molecule is CC1=N/C=C(/c2ccnc(C(C)(C)O)n2)COCN1c1cc(Cl)c(OCc2ncc(F)cc2F)cc1C. The first kappa shape index (κ1) is 26.6. The summed E-state index contributed by atoms with van der Waals surface area (Å²) in [6.45, 7) is 7.18. The molecule has 3 aromatic rings. The highest BCUT2D eigenvalue weighted by Gasteiger charge is 2.22. The first-order valence-electron chi connectivity index (χ1n) is 11.4. The molecule has 0 fully saturated rings. The smallest absolute Gasteiger partial charge is 0.159 e. The first-order chi connectivity index (χ1) is 17.5. The maximum atomic E-state index is 13.9. The third-order valence-electron chi connectivity index (χ3n) is 5.60. The molecule has 0 amide bonds. The van der Waals surface area contributed by atoms with E-state index in [1.54, 1.807) is 44.4 Å². The van der Waals surface area contributed by atoms with E-state index in [9.17, 15) is 13.9 Å². The number of aryl methyl sites for hydroxylation is 1. The second-order valence-electron chi connectivity index (χ2n) is 9.00. The molecule has 8 nitrogen and oxygen atoms in total. The van der Waals surface area contributed by atoms with E-state index < -0.39 is 17.2 Å². The lowest BCUT2D eigenvalue weighted by Crippen LogP contribution is -2.33. The first-order valence-corrected chi connectivity index (χ1v) is 11.8. The molecule has 0 saturated heterocycles. The molecular formula is C26H26ClF2N5O3. The number of aliphatic imine (C=N–C) groups is 1. The normalized spacial score (nSPS) is 15.9. The molecule has 0 bridgehead atoms. The Kier molecular flexibility index (Phi) is 7.82. The molecule has 0 atom stereocenters. The van der Waals surface area contributed by atoms with Crippen molar-refractivity contribution in [2.24, 2.45) is 4.99 Å². The average molecular weight is 530 g/mol. The van der Waals surface area contributed by atoms with Gasteiger partial charge in [0.2, 0.25) is 0 Å². The molecule has 2 aromatic heterocycles. The number of amidine groups is 1. The molecule has 4 rings (SSSR count). The second kappa shape index (κ2) is 10.9. The molecule has 1 aliphatic rings. The van der Waals surface area contributed by atoms with Gasteiger partial charge in [-0.25, -0.2) is 23.7 Å². The summed E-state index contributed by atoms with van der Waals surface area (Å²) >= 11 is 6.47. The molecular weight excluding hydrogens is 504 g/mol. The Labute approximate surface area is 218 Å². The number of aliphatic hydroxyl groups is 1. The van der Waals surface area contributed by atoms with E-state index in [0.29, 0.717) is 28.1 Å². The number of ether oxygens (including phenoxy) is 2. The third-order valence-corrected chi connectivity index (χ3v) is 5.89. The lowest BCUT2D eigenvalue weighted by atomic mass is 10.1. The van der Waals surface area contributed by atoms with Gasteiger partial charge >= 0.3 is 0 Å². The van der Waals surface area contributed by atoms with E-state index in [-0.39, 0.29) is 25.6 Å². The van der Waals surface area contributed by atoms with E-state index in [2.05, 4.69) is 19.9 Å². The van der Waals surface area contributed by atoms with Crippen LogP contribution >= 0.6 is 11.6 Å². The van der Waals surface area contributed by atoms with Crippen molar-refractivity contribution in [1.82, 2.24) is 15.0 Å². The molecule has 0 unspecified atom stereocenters. The van der Waals surface area contributed by atoms with Crippen LogP contribution in [0.5, 0.6) is 5.75 Å². The van der Waals surface area contributed by atoms with Gasteiger partial charge in [-0.2, -0.15) is 0 Å². The summed E-state index contributed by atoms with van der Waals surface area (Å²) < 4.78 is 38.6. The summed E-state index contributed by atoms with van der Waals surface area (Å²) in [5.41, 5.74) is 1.73. The van der Waals surface area contributed by atoms with Gasteiger partial charge < -0.3 is 19.5 Å². The second-order valence-corrected chi connectivity index (χ2v) is 9.41. The number of halogens is 3. The number of benzene rings is 1. The van der Waals surface area contributed by atoms with Gasteiger partial charge in [-0.1, -0.05) is 11.6 Å². The van der Waals surface area contributed by atoms with Crippen molar-refractivity contribution in [1.29, 1.82) is 0 Å². The van der Waals surface area contributed by atoms with E-state index in [1.165, 1.54) is 0 Å². The Hall–Kier alpha value is -3.47. The summed E-state index contributed by atoms with van der Waals surface area (Å²) in [4.78, 5) is 18.8. The number of aromatic nitrogens is 3. The predicted molar refractivity (Wildman–Crippen MR) is 136 cm³/mol. The van der Waals surface area contributed by atoms with Crippen LogP contribution in [0.2, 0.25) is 5.02 Å². The van der Waals surface area contributed by atoms with Crippen LogP contribution in [0, 0.1) is 18.6 Å². The topological polar surface area (TPSA) is 93.0 Å². The summed E-state index contributed by atoms with van der Waals surface area (Å²) in [7, 11) is 0. The Balaban J connectivity index is 1.55. The lowest BCUT2D eigenvalue weighted by Gasteiger charge is -2.28. The zero-order valence-corrected chi connectivity index (χ0v) is 21.6. The summed E-state index contributed by atoms with van der Waals surface area (Å²) in [5, 5.41) is 10.5. The largest absolute Gasteiger partial charge is 0.486 e. The maximum Gasteiger partial charge on any atom is 0.159 e. The molecule has 0 aliphatic carbocycles. The molecule has 3 heterocycles. The van der Waals surface area contributed by atoms with E-state index in [1.807, 2.05) is 18.7 Å². The molecule has 0 spiro atoms. The van der Waals surface area contributed by atoms with E-state index in [4.69, 9.17) is 21.1 Å². The molecule has 37 heavy (non-hydrogen) atoms. The number of pyridine rings is 1. The number of nitrogens with zero attached hydrogens (tertiary/aromatic N) is 5. The lowest BCUT2D eigenvalue weighted by molar-refractivity contribution is 0.0685. The highest BCUT2D eigenvalue weighted by molar-refractivity contribution is 6.32. The number of rotatable bonds is 6. The Morgan fingerprint density at radius 3 is 2.70 bits per heavy atom. The fourth-order valence-electron chi connectivity index (χ4n) is 3.58. The maximum absolute atomic E-state index is 13.9. The standard InChI is InChI=1S/C26H26ClF2N5O3/c1-15-7-24(37-13-22-20(29)8-18(28)11-32-22)19(27)9-23(15)34-14-36-12-17(10-31-16(34)2)21-5-6-30-25(33-21)26(3,4)35/h5-11,35H,12-14H2,1-4H3/b17-10+,31-16?. The van der Waals surface area contributed by atoms with Crippen molar-refractivity contribution in [3.05, 3.63) is 82.3 Å². The molecule has 1 N–H and O–H groups in total. The van der Waals surface area contributed by atoms with Gasteiger partial charge in [0.05, 0.1) is 23.5 Å². The fourth-order valence-corrected chi connectivity index (χ4v) is 3.79. The van der Waals surface area contributed by atoms with Crippen molar-refractivity contribution in [2.45, 2.75) is 39.9 Å². The van der Waals surface area contributed by atoms with Gasteiger partial charge in [-0.05, 0) is 51.5 Å². The van der Waals surface area contributed by atoms with Gasteiger partial charge in [-0.15, -0.1) is 0 Å². The monoisotopic (exact) mass is 529 g/mol. The van der Waals surface area contributed by atoms with Gasteiger partial charge in [-0.3, -0.25) is 4.98 Å². The quantitative estimate of drug-likeness (QED) is 0.471. The minimum Gasteiger partial charge on any atom is -0.486 e. The number of anilines is 1.